The highest BCUT2D eigenvalue weighted by Crippen LogP contribution is 2.24. The second-order valence-corrected chi connectivity index (χ2v) is 6.29. The summed E-state index contributed by atoms with van der Waals surface area (Å²) in [4.78, 5) is 12.5. The highest BCUT2D eigenvalue weighted by atomic mass is 35.5. The van der Waals surface area contributed by atoms with Crippen molar-refractivity contribution in [2.24, 2.45) is 0 Å². The molecule has 1 N–H and O–H groups in total. The predicted octanol–water partition coefficient (Wildman–Crippen LogP) is 5.46. The molecule has 0 saturated carbocycles. The molecular formula is C21H16ClF2NO3. The van der Waals surface area contributed by atoms with Crippen molar-refractivity contribution in [3.63, 3.8) is 0 Å². The fourth-order valence-corrected chi connectivity index (χ4v) is 2.72. The van der Waals surface area contributed by atoms with Crippen LogP contribution in [0.5, 0.6) is 11.5 Å². The van der Waals surface area contributed by atoms with E-state index < -0.39 is 17.5 Å². The van der Waals surface area contributed by atoms with Gasteiger partial charge in [0.1, 0.15) is 29.7 Å². The molecule has 0 unspecified atom stereocenters. The van der Waals surface area contributed by atoms with Crippen molar-refractivity contribution in [3.05, 3.63) is 88.4 Å². The Bertz CT molecular complexity index is 1010. The molecule has 1 amide bonds. The lowest BCUT2D eigenvalue weighted by atomic mass is 10.1. The third-order valence-corrected chi connectivity index (χ3v) is 4.15. The maximum absolute atomic E-state index is 13.8. The Morgan fingerprint density at radius 2 is 1.89 bits per heavy atom. The lowest BCUT2D eigenvalue weighted by Crippen LogP contribution is -2.14. The normalized spacial score (nSPS) is 10.4. The third kappa shape index (κ3) is 4.78. The Kier molecular flexibility index (Phi) is 6.11. The highest BCUT2D eigenvalue weighted by molar-refractivity contribution is 6.30. The lowest BCUT2D eigenvalue weighted by molar-refractivity contribution is 0.102. The number of hydrogen-bond donors (Lipinski definition) is 1. The summed E-state index contributed by atoms with van der Waals surface area (Å²) in [7, 11) is 1.51. The zero-order valence-electron chi connectivity index (χ0n) is 14.8. The first kappa shape index (κ1) is 19.6. The van der Waals surface area contributed by atoms with Gasteiger partial charge in [0.05, 0.1) is 12.8 Å². The maximum atomic E-state index is 13.8. The van der Waals surface area contributed by atoms with Crippen LogP contribution in [0.15, 0.2) is 60.7 Å². The molecule has 0 fully saturated rings. The predicted molar refractivity (Wildman–Crippen MR) is 103 cm³/mol. The van der Waals surface area contributed by atoms with Crippen LogP contribution in [-0.4, -0.2) is 13.0 Å². The van der Waals surface area contributed by atoms with E-state index in [4.69, 9.17) is 21.1 Å². The van der Waals surface area contributed by atoms with E-state index in [9.17, 15) is 13.6 Å². The summed E-state index contributed by atoms with van der Waals surface area (Å²) in [5, 5.41) is 2.96. The smallest absolute Gasteiger partial charge is 0.255 e. The van der Waals surface area contributed by atoms with Crippen molar-refractivity contribution in [1.82, 2.24) is 0 Å². The van der Waals surface area contributed by atoms with Crippen molar-refractivity contribution < 1.29 is 23.0 Å². The molecule has 0 aliphatic carbocycles. The number of benzene rings is 3. The number of carbonyl (C=O) groups is 1. The zero-order chi connectivity index (χ0) is 20.1. The molecule has 0 heterocycles. The molecular weight excluding hydrogens is 388 g/mol. The summed E-state index contributed by atoms with van der Waals surface area (Å²) in [5.41, 5.74) is 0.780. The van der Waals surface area contributed by atoms with Gasteiger partial charge in [-0.2, -0.15) is 0 Å². The number of rotatable bonds is 6. The quantitative estimate of drug-likeness (QED) is 0.594. The number of anilines is 1. The maximum Gasteiger partial charge on any atom is 0.255 e. The van der Waals surface area contributed by atoms with Crippen LogP contribution in [0.3, 0.4) is 0 Å². The number of methoxy groups -OCH3 is 1. The molecule has 0 aromatic heterocycles. The summed E-state index contributed by atoms with van der Waals surface area (Å²) < 4.78 is 37.8. The van der Waals surface area contributed by atoms with E-state index in [-0.39, 0.29) is 17.9 Å². The van der Waals surface area contributed by atoms with Gasteiger partial charge in [-0.1, -0.05) is 17.7 Å². The van der Waals surface area contributed by atoms with Gasteiger partial charge in [-0.3, -0.25) is 4.79 Å². The van der Waals surface area contributed by atoms with Gasteiger partial charge in [-0.25, -0.2) is 8.78 Å². The monoisotopic (exact) mass is 403 g/mol. The molecule has 0 saturated heterocycles. The molecule has 0 aliphatic heterocycles. The number of ether oxygens (including phenoxy) is 2. The Balaban J connectivity index is 1.78. The SMILES string of the molecule is COc1ccc(C(=O)Nc2ccc(F)cc2F)cc1COc1cccc(Cl)c1. The first-order valence-electron chi connectivity index (χ1n) is 8.28. The van der Waals surface area contributed by atoms with Gasteiger partial charge in [0, 0.05) is 22.2 Å². The molecule has 0 bridgehead atoms. The molecule has 28 heavy (non-hydrogen) atoms. The van der Waals surface area contributed by atoms with Crippen LogP contribution in [0.4, 0.5) is 14.5 Å². The van der Waals surface area contributed by atoms with Crippen LogP contribution in [0.1, 0.15) is 15.9 Å². The summed E-state index contributed by atoms with van der Waals surface area (Å²) >= 11 is 5.94. The Hall–Kier alpha value is -3.12. The molecule has 144 valence electrons. The fourth-order valence-electron chi connectivity index (χ4n) is 2.54. The number of nitrogens with one attached hydrogen (secondary N) is 1. The molecule has 3 aromatic carbocycles. The van der Waals surface area contributed by atoms with Gasteiger partial charge in [-0.15, -0.1) is 0 Å². The minimum atomic E-state index is -0.855. The molecule has 0 spiro atoms. The van der Waals surface area contributed by atoms with E-state index in [2.05, 4.69) is 5.32 Å². The topological polar surface area (TPSA) is 47.6 Å². The van der Waals surface area contributed by atoms with Crippen LogP contribution in [0.2, 0.25) is 5.02 Å². The van der Waals surface area contributed by atoms with Gasteiger partial charge in [0.2, 0.25) is 0 Å². The number of hydrogen-bond acceptors (Lipinski definition) is 3. The Morgan fingerprint density at radius 1 is 1.07 bits per heavy atom. The molecule has 0 aliphatic rings. The second kappa shape index (κ2) is 8.71. The molecule has 3 rings (SSSR count). The van der Waals surface area contributed by atoms with E-state index in [1.165, 1.54) is 7.11 Å². The average molecular weight is 404 g/mol. The molecule has 4 nitrogen and oxygen atoms in total. The average Bonchev–Trinajstić information content (AvgIpc) is 2.68. The van der Waals surface area contributed by atoms with Crippen molar-refractivity contribution in [1.29, 1.82) is 0 Å². The fraction of sp³-hybridized carbons (Fsp3) is 0.0952. The van der Waals surface area contributed by atoms with Crippen molar-refractivity contribution in [2.75, 3.05) is 12.4 Å². The summed E-state index contributed by atoms with van der Waals surface area (Å²) in [6, 6.07) is 14.6. The molecule has 7 heteroatoms. The van der Waals surface area contributed by atoms with Crippen LogP contribution >= 0.6 is 11.6 Å². The van der Waals surface area contributed by atoms with Crippen LogP contribution in [-0.2, 0) is 6.61 Å². The number of carbonyl (C=O) groups excluding carboxylic acids is 1. The first-order valence-corrected chi connectivity index (χ1v) is 8.66. The molecule has 0 atom stereocenters. The Labute approximate surface area is 165 Å². The molecule has 3 aromatic rings. The summed E-state index contributed by atoms with van der Waals surface area (Å²) in [6.07, 6.45) is 0. The van der Waals surface area contributed by atoms with Crippen LogP contribution < -0.4 is 14.8 Å². The summed E-state index contributed by atoms with van der Waals surface area (Å²) in [6.45, 7) is 0.134. The molecule has 0 radical (unpaired) electrons. The number of amides is 1. The summed E-state index contributed by atoms with van der Waals surface area (Å²) in [5.74, 6) is -1.02. The van der Waals surface area contributed by atoms with Gasteiger partial charge in [0.15, 0.2) is 0 Å². The van der Waals surface area contributed by atoms with Crippen molar-refractivity contribution >= 4 is 23.2 Å². The lowest BCUT2D eigenvalue weighted by Gasteiger charge is -2.13. The van der Waals surface area contributed by atoms with Gasteiger partial charge < -0.3 is 14.8 Å². The zero-order valence-corrected chi connectivity index (χ0v) is 15.6. The van der Waals surface area contributed by atoms with Gasteiger partial charge in [0.25, 0.3) is 5.91 Å². The highest BCUT2D eigenvalue weighted by Gasteiger charge is 2.13. The second-order valence-electron chi connectivity index (χ2n) is 5.85. The van der Waals surface area contributed by atoms with E-state index in [0.29, 0.717) is 28.2 Å². The minimum absolute atomic E-state index is 0.112. The minimum Gasteiger partial charge on any atom is -0.496 e. The third-order valence-electron chi connectivity index (χ3n) is 3.91. The van der Waals surface area contributed by atoms with E-state index >= 15 is 0 Å². The van der Waals surface area contributed by atoms with Gasteiger partial charge >= 0.3 is 0 Å². The van der Waals surface area contributed by atoms with Crippen molar-refractivity contribution in [2.45, 2.75) is 6.61 Å². The van der Waals surface area contributed by atoms with E-state index in [1.807, 2.05) is 0 Å². The van der Waals surface area contributed by atoms with Gasteiger partial charge in [-0.05, 0) is 48.5 Å². The Morgan fingerprint density at radius 3 is 2.61 bits per heavy atom. The van der Waals surface area contributed by atoms with E-state index in [1.54, 1.807) is 42.5 Å². The van der Waals surface area contributed by atoms with Crippen molar-refractivity contribution in [3.8, 4) is 11.5 Å². The standard InChI is InChI=1S/C21H16ClF2NO3/c1-27-20-8-5-13(21(26)25-19-7-6-16(23)11-18(19)24)9-14(20)12-28-17-4-2-3-15(22)10-17/h2-11H,12H2,1H3,(H,25,26). The van der Waals surface area contributed by atoms with Crippen LogP contribution in [0.25, 0.3) is 0 Å². The van der Waals surface area contributed by atoms with E-state index in [0.717, 1.165) is 12.1 Å². The largest absolute Gasteiger partial charge is 0.496 e. The number of halogens is 3. The van der Waals surface area contributed by atoms with Crippen LogP contribution in [0, 0.1) is 11.6 Å². The first-order chi connectivity index (χ1) is 13.5.